The van der Waals surface area contributed by atoms with Gasteiger partial charge in [0.1, 0.15) is 4.21 Å². The van der Waals surface area contributed by atoms with Gasteiger partial charge < -0.3 is 5.11 Å². The Kier molecular flexibility index (Phi) is 4.31. The van der Waals surface area contributed by atoms with Crippen LogP contribution in [-0.4, -0.2) is 41.9 Å². The molecule has 2 aromatic heterocycles. The fraction of sp³-hybridized carbons (Fsp3) is 0.385. The van der Waals surface area contributed by atoms with Crippen molar-refractivity contribution >= 4 is 38.7 Å². The first kappa shape index (κ1) is 15.6. The van der Waals surface area contributed by atoms with E-state index in [0.29, 0.717) is 30.1 Å². The third-order valence-corrected chi connectivity index (χ3v) is 7.91. The van der Waals surface area contributed by atoms with E-state index in [-0.39, 0.29) is 11.6 Å². The minimum atomic E-state index is -3.39. The number of aromatic nitrogens is 1. The van der Waals surface area contributed by atoms with Crippen LogP contribution in [0.1, 0.15) is 34.3 Å². The Morgan fingerprint density at radius 3 is 2.59 bits per heavy atom. The lowest BCUT2D eigenvalue weighted by Gasteiger charge is -2.29. The van der Waals surface area contributed by atoms with Crippen LogP contribution in [0.15, 0.2) is 27.1 Å². The zero-order valence-electron chi connectivity index (χ0n) is 11.5. The first-order chi connectivity index (χ1) is 10.5. The smallest absolute Gasteiger partial charge is 0.355 e. The molecular formula is C13H14N2O4S3. The van der Waals surface area contributed by atoms with Gasteiger partial charge in [-0.1, -0.05) is 6.07 Å². The highest BCUT2D eigenvalue weighted by Gasteiger charge is 2.31. The Labute approximate surface area is 136 Å². The summed E-state index contributed by atoms with van der Waals surface area (Å²) in [5, 5.41) is 13.0. The number of sulfonamides is 1. The predicted octanol–water partition coefficient (Wildman–Crippen LogP) is 2.47. The van der Waals surface area contributed by atoms with E-state index in [4.69, 9.17) is 5.11 Å². The van der Waals surface area contributed by atoms with E-state index in [0.717, 1.165) is 5.01 Å². The van der Waals surface area contributed by atoms with E-state index < -0.39 is 16.0 Å². The van der Waals surface area contributed by atoms with Gasteiger partial charge in [0.15, 0.2) is 5.69 Å². The maximum atomic E-state index is 12.4. The summed E-state index contributed by atoms with van der Waals surface area (Å²) in [6.45, 7) is 0.875. The van der Waals surface area contributed by atoms with E-state index in [9.17, 15) is 13.2 Å². The number of hydrogen-bond acceptors (Lipinski definition) is 6. The molecule has 1 aliphatic heterocycles. The summed E-state index contributed by atoms with van der Waals surface area (Å²) in [6, 6.07) is 3.35. The number of carbonyl (C=O) groups is 1. The van der Waals surface area contributed by atoms with Gasteiger partial charge in [-0.3, -0.25) is 0 Å². The van der Waals surface area contributed by atoms with Crippen LogP contribution in [0.4, 0.5) is 0 Å². The highest BCUT2D eigenvalue weighted by Crippen LogP contribution is 2.33. The van der Waals surface area contributed by atoms with Gasteiger partial charge in [0.25, 0.3) is 10.0 Å². The second-order valence-corrected chi connectivity index (χ2v) is 8.99. The summed E-state index contributed by atoms with van der Waals surface area (Å²) >= 11 is 2.56. The molecule has 3 heterocycles. The fourth-order valence-corrected chi connectivity index (χ4v) is 6.03. The topological polar surface area (TPSA) is 87.6 Å². The van der Waals surface area contributed by atoms with Crippen molar-refractivity contribution in [1.29, 1.82) is 0 Å². The number of thiophene rings is 1. The lowest BCUT2D eigenvalue weighted by molar-refractivity contribution is 0.0691. The van der Waals surface area contributed by atoms with E-state index in [1.54, 1.807) is 17.5 Å². The molecule has 0 radical (unpaired) electrons. The Hall–Kier alpha value is -1.29. The number of carboxylic acids is 1. The van der Waals surface area contributed by atoms with Crippen LogP contribution in [0.3, 0.4) is 0 Å². The van der Waals surface area contributed by atoms with Crippen LogP contribution in [0.5, 0.6) is 0 Å². The molecule has 1 saturated heterocycles. The van der Waals surface area contributed by atoms with Gasteiger partial charge in [-0.25, -0.2) is 18.2 Å². The van der Waals surface area contributed by atoms with E-state index >= 15 is 0 Å². The fourth-order valence-electron chi connectivity index (χ4n) is 2.45. The van der Waals surface area contributed by atoms with E-state index in [2.05, 4.69) is 4.98 Å². The van der Waals surface area contributed by atoms with Crippen molar-refractivity contribution in [2.24, 2.45) is 0 Å². The number of rotatable bonds is 4. The average molecular weight is 358 g/mol. The summed E-state index contributed by atoms with van der Waals surface area (Å²) in [5.74, 6) is -0.895. The van der Waals surface area contributed by atoms with E-state index in [1.165, 1.54) is 32.4 Å². The maximum absolute atomic E-state index is 12.4. The first-order valence-corrected chi connectivity index (χ1v) is 9.91. The number of aromatic carboxylic acids is 1. The first-order valence-electron chi connectivity index (χ1n) is 6.71. The van der Waals surface area contributed by atoms with Crippen LogP contribution in [0, 0.1) is 0 Å². The second-order valence-electron chi connectivity index (χ2n) is 4.99. The van der Waals surface area contributed by atoms with Crippen molar-refractivity contribution in [1.82, 2.24) is 9.29 Å². The zero-order valence-corrected chi connectivity index (χ0v) is 14.0. The van der Waals surface area contributed by atoms with Crippen LogP contribution in [0.2, 0.25) is 0 Å². The minimum Gasteiger partial charge on any atom is -0.476 e. The van der Waals surface area contributed by atoms with Crippen LogP contribution >= 0.6 is 22.7 Å². The number of hydrogen-bond donors (Lipinski definition) is 1. The lowest BCUT2D eigenvalue weighted by Crippen LogP contribution is -2.37. The highest BCUT2D eigenvalue weighted by atomic mass is 32.2. The van der Waals surface area contributed by atoms with Crippen LogP contribution < -0.4 is 0 Å². The summed E-state index contributed by atoms with van der Waals surface area (Å²) in [4.78, 5) is 15.0. The van der Waals surface area contributed by atoms with E-state index in [1.807, 2.05) is 0 Å². The van der Waals surface area contributed by atoms with Gasteiger partial charge in [-0.2, -0.15) is 4.31 Å². The molecule has 6 nitrogen and oxygen atoms in total. The molecule has 9 heteroatoms. The number of carboxylic acid groups (broad SMARTS) is 1. The van der Waals surface area contributed by atoms with Gasteiger partial charge in [0, 0.05) is 24.4 Å². The minimum absolute atomic E-state index is 0.0636. The zero-order chi connectivity index (χ0) is 15.7. The molecule has 22 heavy (non-hydrogen) atoms. The van der Waals surface area contributed by atoms with Crippen molar-refractivity contribution in [2.45, 2.75) is 23.0 Å². The third kappa shape index (κ3) is 2.94. The largest absolute Gasteiger partial charge is 0.476 e. The van der Waals surface area contributed by atoms with Gasteiger partial charge in [0.2, 0.25) is 0 Å². The molecule has 0 spiro atoms. The van der Waals surface area contributed by atoms with Crippen molar-refractivity contribution in [3.8, 4) is 0 Å². The van der Waals surface area contributed by atoms with Gasteiger partial charge in [0.05, 0.1) is 5.01 Å². The summed E-state index contributed by atoms with van der Waals surface area (Å²) in [5.41, 5.74) is 0.0636. The average Bonchev–Trinajstić information content (AvgIpc) is 3.19. The molecule has 1 aliphatic rings. The Bertz CT molecular complexity index is 759. The highest BCUT2D eigenvalue weighted by molar-refractivity contribution is 7.91. The monoisotopic (exact) mass is 358 g/mol. The van der Waals surface area contributed by atoms with Crippen molar-refractivity contribution in [2.75, 3.05) is 13.1 Å². The van der Waals surface area contributed by atoms with Crippen molar-refractivity contribution < 1.29 is 18.3 Å². The Morgan fingerprint density at radius 1 is 1.32 bits per heavy atom. The van der Waals surface area contributed by atoms with Crippen LogP contribution in [-0.2, 0) is 10.0 Å². The molecule has 0 saturated carbocycles. The molecule has 1 fully saturated rings. The quantitative estimate of drug-likeness (QED) is 0.907. The Balaban J connectivity index is 1.68. The molecule has 1 N–H and O–H groups in total. The standard InChI is InChI=1S/C13H14N2O4S3/c16-13(17)10-8-21-12(14-10)9-3-5-15(6-4-9)22(18,19)11-2-1-7-20-11/h1-2,7-9H,3-6H2,(H,16,17). The summed E-state index contributed by atoms with van der Waals surface area (Å²) in [7, 11) is -3.39. The number of thiazole rings is 1. The molecule has 0 aliphatic carbocycles. The maximum Gasteiger partial charge on any atom is 0.355 e. The van der Waals surface area contributed by atoms with Crippen LogP contribution in [0.25, 0.3) is 0 Å². The van der Waals surface area contributed by atoms with Gasteiger partial charge >= 0.3 is 5.97 Å². The SMILES string of the molecule is O=C(O)c1csc(C2CCN(S(=O)(=O)c3cccs3)CC2)n1. The Morgan fingerprint density at radius 2 is 2.05 bits per heavy atom. The molecule has 0 amide bonds. The predicted molar refractivity (Wildman–Crippen MR) is 84.1 cm³/mol. The summed E-state index contributed by atoms with van der Waals surface area (Å²) < 4.78 is 26.7. The number of nitrogens with zero attached hydrogens (tertiary/aromatic N) is 2. The van der Waals surface area contributed by atoms with Crippen molar-refractivity contribution in [3.05, 3.63) is 33.6 Å². The molecule has 0 atom stereocenters. The molecule has 0 aromatic carbocycles. The third-order valence-electron chi connectivity index (χ3n) is 3.63. The normalized spacial score (nSPS) is 17.6. The second kappa shape index (κ2) is 6.07. The summed E-state index contributed by atoms with van der Waals surface area (Å²) in [6.07, 6.45) is 1.33. The molecular weight excluding hydrogens is 344 g/mol. The molecule has 118 valence electrons. The number of piperidine rings is 1. The molecule has 0 unspecified atom stereocenters. The van der Waals surface area contributed by atoms with Gasteiger partial charge in [-0.15, -0.1) is 22.7 Å². The molecule has 0 bridgehead atoms. The lowest BCUT2D eigenvalue weighted by atomic mass is 9.99. The molecule has 2 aromatic rings. The molecule has 3 rings (SSSR count). The van der Waals surface area contributed by atoms with Crippen molar-refractivity contribution in [3.63, 3.8) is 0 Å². The van der Waals surface area contributed by atoms with Gasteiger partial charge in [-0.05, 0) is 24.3 Å².